The maximum atomic E-state index is 12.8. The van der Waals surface area contributed by atoms with Gasteiger partial charge in [0, 0.05) is 23.6 Å². The smallest absolute Gasteiger partial charge is 0.346 e. The van der Waals surface area contributed by atoms with Gasteiger partial charge in [-0.15, -0.1) is 11.3 Å². The van der Waals surface area contributed by atoms with E-state index in [1.54, 1.807) is 24.3 Å². The van der Waals surface area contributed by atoms with Gasteiger partial charge < -0.3 is 25.2 Å². The lowest BCUT2D eigenvalue weighted by Gasteiger charge is -2.31. The summed E-state index contributed by atoms with van der Waals surface area (Å²) in [4.78, 5) is 25.8. The Morgan fingerprint density at radius 1 is 1.21 bits per heavy atom. The first kappa shape index (κ1) is 18.9. The van der Waals surface area contributed by atoms with Gasteiger partial charge in [0.2, 0.25) is 5.60 Å². The van der Waals surface area contributed by atoms with Crippen LogP contribution in [0.4, 0.5) is 10.7 Å². The van der Waals surface area contributed by atoms with Crippen molar-refractivity contribution < 1.29 is 24.2 Å². The second kappa shape index (κ2) is 7.90. The van der Waals surface area contributed by atoms with Crippen molar-refractivity contribution >= 4 is 33.9 Å². The van der Waals surface area contributed by atoms with Gasteiger partial charge in [0.25, 0.3) is 5.91 Å². The Morgan fingerprint density at radius 2 is 2.04 bits per heavy atom. The SMILES string of the molecule is O=C(O)C1(C(=O)Nc2ccccc2)Cc2cc(NC3CCCCO3)sc2CO1. The topological polar surface area (TPSA) is 96.9 Å². The Balaban J connectivity index is 1.52. The Hall–Kier alpha value is -2.42. The molecule has 3 heterocycles. The molecule has 0 bridgehead atoms. The van der Waals surface area contributed by atoms with Crippen molar-refractivity contribution in [3.05, 3.63) is 46.8 Å². The number of nitrogens with one attached hydrogen (secondary N) is 2. The van der Waals surface area contributed by atoms with Gasteiger partial charge in [-0.2, -0.15) is 0 Å². The molecule has 1 fully saturated rings. The Morgan fingerprint density at radius 3 is 2.75 bits per heavy atom. The summed E-state index contributed by atoms with van der Waals surface area (Å²) in [5.41, 5.74) is -0.590. The highest BCUT2D eigenvalue weighted by atomic mass is 32.1. The molecule has 2 aromatic rings. The molecule has 0 saturated carbocycles. The normalized spacial score (nSPS) is 24.2. The van der Waals surface area contributed by atoms with E-state index in [1.165, 1.54) is 11.3 Å². The summed E-state index contributed by atoms with van der Waals surface area (Å²) >= 11 is 1.52. The predicted octanol–water partition coefficient (Wildman–Crippen LogP) is 3.22. The number of aliphatic carboxylic acids is 1. The molecule has 8 heteroatoms. The lowest BCUT2D eigenvalue weighted by Crippen LogP contribution is -2.55. The van der Waals surface area contributed by atoms with Crippen LogP contribution in [0.1, 0.15) is 29.7 Å². The van der Waals surface area contributed by atoms with Crippen LogP contribution >= 0.6 is 11.3 Å². The molecule has 7 nitrogen and oxygen atoms in total. The van der Waals surface area contributed by atoms with Gasteiger partial charge in [-0.1, -0.05) is 18.2 Å². The van der Waals surface area contributed by atoms with Crippen molar-refractivity contribution in [1.29, 1.82) is 0 Å². The standard InChI is InChI=1S/C20H22N2O5S/c23-18(21-14-6-2-1-3-7-14)20(19(24)25)11-13-10-17(28-15(13)12-27-20)22-16-8-4-5-9-26-16/h1-3,6-7,10,16,22H,4-5,8-9,11-12H2,(H,21,23)(H,24,25). The lowest BCUT2D eigenvalue weighted by molar-refractivity contribution is -0.174. The molecule has 1 aromatic heterocycles. The van der Waals surface area contributed by atoms with E-state index in [9.17, 15) is 14.7 Å². The van der Waals surface area contributed by atoms with Gasteiger partial charge >= 0.3 is 5.97 Å². The summed E-state index contributed by atoms with van der Waals surface area (Å²) in [6.07, 6.45) is 3.09. The largest absolute Gasteiger partial charge is 0.479 e. The first-order valence-electron chi connectivity index (χ1n) is 9.30. The summed E-state index contributed by atoms with van der Waals surface area (Å²) < 4.78 is 11.3. The van der Waals surface area contributed by atoms with Crippen LogP contribution in [0.25, 0.3) is 0 Å². The number of fused-ring (bicyclic) bond motifs is 1. The van der Waals surface area contributed by atoms with Crippen molar-refractivity contribution in [1.82, 2.24) is 0 Å². The average molecular weight is 402 g/mol. The first-order chi connectivity index (χ1) is 13.6. The van der Waals surface area contributed by atoms with Crippen LogP contribution in [0.3, 0.4) is 0 Å². The number of benzene rings is 1. The minimum atomic E-state index is -1.94. The van der Waals surface area contributed by atoms with E-state index in [0.29, 0.717) is 5.69 Å². The first-order valence-corrected chi connectivity index (χ1v) is 10.1. The third-order valence-corrected chi connectivity index (χ3v) is 6.09. The molecule has 0 radical (unpaired) electrons. The van der Waals surface area contributed by atoms with Gasteiger partial charge in [-0.25, -0.2) is 4.79 Å². The van der Waals surface area contributed by atoms with Crippen molar-refractivity contribution in [3.63, 3.8) is 0 Å². The third-order valence-electron chi connectivity index (χ3n) is 5.01. The van der Waals surface area contributed by atoms with Crippen molar-refractivity contribution in [2.75, 3.05) is 17.2 Å². The van der Waals surface area contributed by atoms with Crippen molar-refractivity contribution in [2.45, 2.75) is 44.1 Å². The van der Waals surface area contributed by atoms with E-state index < -0.39 is 17.5 Å². The molecule has 2 atom stereocenters. The average Bonchev–Trinajstić information content (AvgIpc) is 3.10. The van der Waals surface area contributed by atoms with Crippen molar-refractivity contribution in [2.24, 2.45) is 0 Å². The molecule has 4 rings (SSSR count). The number of thiophene rings is 1. The summed E-state index contributed by atoms with van der Waals surface area (Å²) in [6, 6.07) is 10.7. The molecule has 2 aliphatic heterocycles. The number of ether oxygens (including phenoxy) is 2. The summed E-state index contributed by atoms with van der Waals surface area (Å²) in [7, 11) is 0. The van der Waals surface area contributed by atoms with Gasteiger partial charge in [0.15, 0.2) is 0 Å². The minimum absolute atomic E-state index is 0.0139. The molecule has 2 unspecified atom stereocenters. The number of carboxylic acids is 1. The third kappa shape index (κ3) is 3.76. The highest BCUT2D eigenvalue weighted by molar-refractivity contribution is 7.16. The number of hydrogen-bond acceptors (Lipinski definition) is 6. The van der Waals surface area contributed by atoms with Crippen LogP contribution in [-0.4, -0.2) is 35.4 Å². The molecule has 2 aliphatic rings. The van der Waals surface area contributed by atoms with Crippen LogP contribution in [0.15, 0.2) is 36.4 Å². The molecule has 1 aromatic carbocycles. The predicted molar refractivity (Wildman–Crippen MR) is 105 cm³/mol. The zero-order valence-electron chi connectivity index (χ0n) is 15.3. The second-order valence-corrected chi connectivity index (χ2v) is 8.11. The quantitative estimate of drug-likeness (QED) is 0.665. The highest BCUT2D eigenvalue weighted by Crippen LogP contribution is 2.38. The molecule has 1 amide bonds. The monoisotopic (exact) mass is 402 g/mol. The van der Waals surface area contributed by atoms with Crippen LogP contribution in [0.5, 0.6) is 0 Å². The van der Waals surface area contributed by atoms with Gasteiger partial charge in [0.1, 0.15) is 6.23 Å². The zero-order chi connectivity index (χ0) is 19.6. The Kier molecular flexibility index (Phi) is 5.34. The number of carbonyl (C=O) groups is 2. The van der Waals surface area contributed by atoms with E-state index in [-0.39, 0.29) is 19.3 Å². The maximum absolute atomic E-state index is 12.8. The van der Waals surface area contributed by atoms with Crippen LogP contribution in [0.2, 0.25) is 0 Å². The number of hydrogen-bond donors (Lipinski definition) is 3. The van der Waals surface area contributed by atoms with E-state index in [1.807, 2.05) is 12.1 Å². The van der Waals surface area contributed by atoms with Crippen LogP contribution in [0, 0.1) is 0 Å². The number of para-hydroxylation sites is 1. The fourth-order valence-electron chi connectivity index (χ4n) is 3.46. The van der Waals surface area contributed by atoms with Gasteiger partial charge in [-0.3, -0.25) is 4.79 Å². The number of carboxylic acid groups (broad SMARTS) is 1. The Bertz CT molecular complexity index is 863. The van der Waals surface area contributed by atoms with Gasteiger partial charge in [-0.05, 0) is 43.0 Å². The highest BCUT2D eigenvalue weighted by Gasteiger charge is 2.50. The van der Waals surface area contributed by atoms with E-state index in [4.69, 9.17) is 9.47 Å². The Labute approximate surface area is 166 Å². The molecule has 1 saturated heterocycles. The second-order valence-electron chi connectivity index (χ2n) is 6.98. The molecule has 0 spiro atoms. The summed E-state index contributed by atoms with van der Waals surface area (Å²) in [5, 5.41) is 16.7. The van der Waals surface area contributed by atoms with Crippen LogP contribution in [-0.2, 0) is 32.1 Å². The fraction of sp³-hybridized carbons (Fsp3) is 0.400. The minimum Gasteiger partial charge on any atom is -0.479 e. The molecular weight excluding hydrogens is 380 g/mol. The number of amides is 1. The number of anilines is 2. The van der Waals surface area contributed by atoms with Gasteiger partial charge in [0.05, 0.1) is 11.6 Å². The van der Waals surface area contributed by atoms with E-state index in [0.717, 1.165) is 41.3 Å². The molecule has 3 N–H and O–H groups in total. The molecule has 28 heavy (non-hydrogen) atoms. The zero-order valence-corrected chi connectivity index (χ0v) is 16.1. The molecule has 148 valence electrons. The maximum Gasteiger partial charge on any atom is 0.346 e. The molecule has 0 aliphatic carbocycles. The van der Waals surface area contributed by atoms with Crippen LogP contribution < -0.4 is 10.6 Å². The van der Waals surface area contributed by atoms with Crippen molar-refractivity contribution in [3.8, 4) is 0 Å². The number of carbonyl (C=O) groups excluding carboxylic acids is 1. The van der Waals surface area contributed by atoms with E-state index >= 15 is 0 Å². The fourth-order valence-corrected chi connectivity index (χ4v) is 4.50. The summed E-state index contributed by atoms with van der Waals surface area (Å²) in [5.74, 6) is -1.96. The lowest BCUT2D eigenvalue weighted by atomic mass is 9.91. The summed E-state index contributed by atoms with van der Waals surface area (Å²) in [6.45, 7) is 0.829. The number of rotatable bonds is 5. The van der Waals surface area contributed by atoms with E-state index in [2.05, 4.69) is 10.6 Å². The molecular formula is C20H22N2O5S.